The van der Waals surface area contributed by atoms with Gasteiger partial charge in [-0.3, -0.25) is 0 Å². The Morgan fingerprint density at radius 1 is 1.64 bits per heavy atom. The molecule has 0 bridgehead atoms. The van der Waals surface area contributed by atoms with Crippen LogP contribution in [0.4, 0.5) is 0 Å². The summed E-state index contributed by atoms with van der Waals surface area (Å²) < 4.78 is 15.9. The minimum absolute atomic E-state index is 0.282. The van der Waals surface area contributed by atoms with E-state index < -0.39 is 6.10 Å². The molecule has 0 aromatic carbocycles. The highest BCUT2D eigenvalue weighted by molar-refractivity contribution is 5.75. The molecular weight excluding hydrogens is 186 g/mol. The summed E-state index contributed by atoms with van der Waals surface area (Å²) in [5.41, 5.74) is -0.282. The molecule has 2 fully saturated rings. The molecule has 5 nitrogen and oxygen atoms in total. The highest BCUT2D eigenvalue weighted by atomic mass is 16.6. The van der Waals surface area contributed by atoms with Crippen molar-refractivity contribution in [3.63, 3.8) is 0 Å². The maximum absolute atomic E-state index is 11.4. The molecule has 2 rings (SSSR count). The van der Waals surface area contributed by atoms with Crippen LogP contribution in [0.2, 0.25) is 0 Å². The maximum atomic E-state index is 11.4. The van der Waals surface area contributed by atoms with E-state index >= 15 is 0 Å². The lowest BCUT2D eigenvalue weighted by Crippen LogP contribution is -2.68. The SMILES string of the molecule is CCOC(=O)C1COCC2(CNC2)O1. The van der Waals surface area contributed by atoms with Gasteiger partial charge in [0.15, 0.2) is 6.10 Å². The second-order valence-corrected chi connectivity index (χ2v) is 3.66. The first-order valence-corrected chi connectivity index (χ1v) is 4.89. The third-order valence-electron chi connectivity index (χ3n) is 2.47. The molecule has 0 amide bonds. The van der Waals surface area contributed by atoms with Crippen molar-refractivity contribution in [1.82, 2.24) is 5.32 Å². The minimum Gasteiger partial charge on any atom is -0.464 e. The van der Waals surface area contributed by atoms with Crippen molar-refractivity contribution in [2.24, 2.45) is 0 Å². The number of carbonyl (C=O) groups is 1. The lowest BCUT2D eigenvalue weighted by Gasteiger charge is -2.46. The van der Waals surface area contributed by atoms with E-state index in [1.807, 2.05) is 0 Å². The van der Waals surface area contributed by atoms with Crippen molar-refractivity contribution >= 4 is 5.97 Å². The Balaban J connectivity index is 1.90. The number of ether oxygens (including phenoxy) is 3. The number of hydrogen-bond acceptors (Lipinski definition) is 5. The Kier molecular flexibility index (Phi) is 2.71. The van der Waals surface area contributed by atoms with E-state index in [0.29, 0.717) is 19.8 Å². The Bertz CT molecular complexity index is 227. The molecule has 5 heteroatoms. The summed E-state index contributed by atoms with van der Waals surface area (Å²) in [6.07, 6.45) is -0.550. The van der Waals surface area contributed by atoms with Crippen LogP contribution in [0, 0.1) is 0 Å². The highest BCUT2D eigenvalue weighted by Crippen LogP contribution is 2.24. The van der Waals surface area contributed by atoms with E-state index in [1.165, 1.54) is 0 Å². The Morgan fingerprint density at radius 2 is 2.43 bits per heavy atom. The van der Waals surface area contributed by atoms with E-state index in [4.69, 9.17) is 14.2 Å². The van der Waals surface area contributed by atoms with Crippen LogP contribution < -0.4 is 5.32 Å². The van der Waals surface area contributed by atoms with E-state index in [0.717, 1.165) is 13.1 Å². The number of esters is 1. The monoisotopic (exact) mass is 201 g/mol. The Labute approximate surface area is 82.7 Å². The second-order valence-electron chi connectivity index (χ2n) is 3.66. The molecule has 1 N–H and O–H groups in total. The van der Waals surface area contributed by atoms with Gasteiger partial charge in [-0.15, -0.1) is 0 Å². The number of rotatable bonds is 2. The number of carbonyl (C=O) groups excluding carboxylic acids is 1. The topological polar surface area (TPSA) is 56.8 Å². The summed E-state index contributed by atoms with van der Waals surface area (Å²) in [6, 6.07) is 0. The number of hydrogen-bond donors (Lipinski definition) is 1. The van der Waals surface area contributed by atoms with Crippen LogP contribution >= 0.6 is 0 Å². The van der Waals surface area contributed by atoms with Gasteiger partial charge < -0.3 is 19.5 Å². The first kappa shape index (κ1) is 9.89. The molecule has 80 valence electrons. The van der Waals surface area contributed by atoms with Crippen LogP contribution in [0.3, 0.4) is 0 Å². The van der Waals surface area contributed by atoms with Crippen LogP contribution in [0.15, 0.2) is 0 Å². The molecule has 2 aliphatic rings. The molecule has 0 aromatic rings. The van der Waals surface area contributed by atoms with Gasteiger partial charge in [-0.25, -0.2) is 4.79 Å². The van der Waals surface area contributed by atoms with Gasteiger partial charge in [0.1, 0.15) is 5.60 Å². The number of nitrogens with one attached hydrogen (secondary N) is 1. The van der Waals surface area contributed by atoms with E-state index in [2.05, 4.69) is 5.32 Å². The molecule has 1 unspecified atom stereocenters. The van der Waals surface area contributed by atoms with Crippen molar-refractivity contribution in [2.45, 2.75) is 18.6 Å². The first-order chi connectivity index (χ1) is 6.76. The zero-order valence-corrected chi connectivity index (χ0v) is 8.25. The fourth-order valence-corrected chi connectivity index (χ4v) is 1.66. The minimum atomic E-state index is -0.550. The predicted octanol–water partition coefficient (Wildman–Crippen LogP) is -0.693. The van der Waals surface area contributed by atoms with E-state index in [1.54, 1.807) is 6.92 Å². The van der Waals surface area contributed by atoms with Crippen LogP contribution in [-0.4, -0.2) is 50.6 Å². The summed E-state index contributed by atoms with van der Waals surface area (Å²) in [7, 11) is 0. The fraction of sp³-hybridized carbons (Fsp3) is 0.889. The smallest absolute Gasteiger partial charge is 0.337 e. The average molecular weight is 201 g/mol. The van der Waals surface area contributed by atoms with Gasteiger partial charge in [-0.05, 0) is 6.92 Å². The van der Waals surface area contributed by atoms with Crippen LogP contribution in [0.25, 0.3) is 0 Å². The van der Waals surface area contributed by atoms with Crippen molar-refractivity contribution in [1.29, 1.82) is 0 Å². The average Bonchev–Trinajstić information content (AvgIpc) is 2.16. The van der Waals surface area contributed by atoms with E-state index in [9.17, 15) is 4.79 Å². The molecule has 0 saturated carbocycles. The molecule has 0 aliphatic carbocycles. The van der Waals surface area contributed by atoms with Gasteiger partial charge in [0.25, 0.3) is 0 Å². The summed E-state index contributed by atoms with van der Waals surface area (Å²) >= 11 is 0. The summed E-state index contributed by atoms with van der Waals surface area (Å²) in [4.78, 5) is 11.4. The molecule has 0 aromatic heterocycles. The third kappa shape index (κ3) is 1.75. The molecule has 2 aliphatic heterocycles. The van der Waals surface area contributed by atoms with Crippen molar-refractivity contribution in [3.8, 4) is 0 Å². The normalized spacial score (nSPS) is 29.6. The predicted molar refractivity (Wildman–Crippen MR) is 47.9 cm³/mol. The summed E-state index contributed by atoms with van der Waals surface area (Å²) in [5.74, 6) is -0.321. The van der Waals surface area contributed by atoms with Crippen molar-refractivity contribution in [2.75, 3.05) is 32.9 Å². The summed E-state index contributed by atoms with van der Waals surface area (Å²) in [6.45, 7) is 4.54. The van der Waals surface area contributed by atoms with Crippen LogP contribution in [0.1, 0.15) is 6.92 Å². The quantitative estimate of drug-likeness (QED) is 0.599. The Hall–Kier alpha value is -0.650. The fourth-order valence-electron chi connectivity index (χ4n) is 1.66. The molecule has 2 heterocycles. The second kappa shape index (κ2) is 3.84. The standard InChI is InChI=1S/C9H15NO4/c1-2-13-8(11)7-3-12-6-9(14-7)4-10-5-9/h7,10H,2-6H2,1H3. The Morgan fingerprint density at radius 3 is 3.00 bits per heavy atom. The van der Waals surface area contributed by atoms with Gasteiger partial charge in [0.2, 0.25) is 0 Å². The van der Waals surface area contributed by atoms with Crippen LogP contribution in [-0.2, 0) is 19.0 Å². The first-order valence-electron chi connectivity index (χ1n) is 4.89. The van der Waals surface area contributed by atoms with Crippen molar-refractivity contribution in [3.05, 3.63) is 0 Å². The van der Waals surface area contributed by atoms with Gasteiger partial charge in [0, 0.05) is 13.1 Å². The molecule has 2 saturated heterocycles. The van der Waals surface area contributed by atoms with Crippen LogP contribution in [0.5, 0.6) is 0 Å². The van der Waals surface area contributed by atoms with Gasteiger partial charge in [-0.1, -0.05) is 0 Å². The maximum Gasteiger partial charge on any atom is 0.337 e. The molecule has 0 radical (unpaired) electrons. The van der Waals surface area contributed by atoms with Crippen molar-refractivity contribution < 1.29 is 19.0 Å². The summed E-state index contributed by atoms with van der Waals surface area (Å²) in [5, 5.41) is 3.11. The molecule has 14 heavy (non-hydrogen) atoms. The van der Waals surface area contributed by atoms with Gasteiger partial charge >= 0.3 is 5.97 Å². The lowest BCUT2D eigenvalue weighted by molar-refractivity contribution is -0.226. The zero-order chi connectivity index (χ0) is 10.0. The third-order valence-corrected chi connectivity index (χ3v) is 2.47. The lowest BCUT2D eigenvalue weighted by atomic mass is 9.97. The van der Waals surface area contributed by atoms with Gasteiger partial charge in [0.05, 0.1) is 19.8 Å². The molecule has 1 atom stereocenters. The van der Waals surface area contributed by atoms with Gasteiger partial charge in [-0.2, -0.15) is 0 Å². The highest BCUT2D eigenvalue weighted by Gasteiger charge is 2.45. The zero-order valence-electron chi connectivity index (χ0n) is 8.25. The largest absolute Gasteiger partial charge is 0.464 e. The van der Waals surface area contributed by atoms with E-state index in [-0.39, 0.29) is 11.6 Å². The molecular formula is C9H15NO4. The molecule has 1 spiro atoms.